The molecular formula is C29H44OSi. The molecule has 0 spiro atoms. The third kappa shape index (κ3) is 4.38. The van der Waals surface area contributed by atoms with E-state index in [1.54, 1.807) is 10.8 Å². The molecule has 0 aliphatic heterocycles. The van der Waals surface area contributed by atoms with E-state index in [-0.39, 0.29) is 5.41 Å². The molecule has 0 amide bonds. The van der Waals surface area contributed by atoms with Crippen molar-refractivity contribution in [3.8, 4) is 5.75 Å². The molecule has 0 heterocycles. The van der Waals surface area contributed by atoms with E-state index < -0.39 is 8.07 Å². The first-order chi connectivity index (χ1) is 14.7. The van der Waals surface area contributed by atoms with Gasteiger partial charge in [0.05, 0.1) is 8.07 Å². The largest absolute Gasteiger partial charge is 0.489 e. The summed E-state index contributed by atoms with van der Waals surface area (Å²) in [5.74, 6) is 2.74. The smallest absolute Gasteiger partial charge is 0.122 e. The van der Waals surface area contributed by atoms with Crippen LogP contribution >= 0.6 is 0 Å². The van der Waals surface area contributed by atoms with Gasteiger partial charge in [-0.15, -0.1) is 0 Å². The molecule has 2 aliphatic carbocycles. The van der Waals surface area contributed by atoms with Crippen LogP contribution in [0.15, 0.2) is 48.6 Å². The first kappa shape index (κ1) is 24.1. The normalized spacial score (nSPS) is 23.5. The second-order valence-electron chi connectivity index (χ2n) is 10.8. The third-order valence-corrected chi connectivity index (χ3v) is 14.0. The van der Waals surface area contributed by atoms with Crippen LogP contribution < -0.4 is 9.92 Å². The molecule has 1 aromatic rings. The van der Waals surface area contributed by atoms with E-state index in [9.17, 15) is 0 Å². The van der Waals surface area contributed by atoms with Crippen molar-refractivity contribution < 1.29 is 4.74 Å². The van der Waals surface area contributed by atoms with E-state index in [2.05, 4.69) is 85.4 Å². The lowest BCUT2D eigenvalue weighted by Gasteiger charge is -2.42. The van der Waals surface area contributed by atoms with Gasteiger partial charge in [0, 0.05) is 0 Å². The zero-order valence-corrected chi connectivity index (χ0v) is 22.1. The van der Waals surface area contributed by atoms with Gasteiger partial charge in [0.25, 0.3) is 0 Å². The molecule has 3 atom stereocenters. The van der Waals surface area contributed by atoms with Crippen LogP contribution in [0.1, 0.15) is 71.9 Å². The highest BCUT2D eigenvalue weighted by molar-refractivity contribution is 6.94. The van der Waals surface area contributed by atoms with Gasteiger partial charge in [-0.1, -0.05) is 114 Å². The number of aryl methyl sites for hydroxylation is 1. The summed E-state index contributed by atoms with van der Waals surface area (Å²) in [6.07, 6.45) is 13.0. The second kappa shape index (κ2) is 9.53. The van der Waals surface area contributed by atoms with E-state index in [1.807, 2.05) is 6.08 Å². The molecule has 3 rings (SSSR count). The highest BCUT2D eigenvalue weighted by Gasteiger charge is 2.52. The SMILES string of the molecule is C=CCOc1c(C(C)(C)C)cc(C)cc1[Si](CC)(CC)C1C2=CC=CCC2CC1CC. The molecular weight excluding hydrogens is 392 g/mol. The van der Waals surface area contributed by atoms with Crippen molar-refractivity contribution in [2.24, 2.45) is 11.8 Å². The first-order valence-corrected chi connectivity index (χ1v) is 15.0. The fraction of sp³-hybridized carbons (Fsp3) is 0.586. The van der Waals surface area contributed by atoms with E-state index in [1.165, 1.54) is 48.2 Å². The predicted octanol–water partition coefficient (Wildman–Crippen LogP) is 7.86. The molecule has 1 saturated carbocycles. The summed E-state index contributed by atoms with van der Waals surface area (Å²) in [5.41, 5.74) is 5.28. The van der Waals surface area contributed by atoms with Gasteiger partial charge in [-0.2, -0.15) is 0 Å². The van der Waals surface area contributed by atoms with Gasteiger partial charge in [-0.25, -0.2) is 0 Å². The van der Waals surface area contributed by atoms with Crippen LogP contribution in [0.4, 0.5) is 0 Å². The molecule has 2 aliphatic rings. The summed E-state index contributed by atoms with van der Waals surface area (Å²) >= 11 is 0. The second-order valence-corrected chi connectivity index (χ2v) is 15.7. The van der Waals surface area contributed by atoms with Crippen LogP contribution in [-0.4, -0.2) is 14.7 Å². The molecule has 2 heteroatoms. The van der Waals surface area contributed by atoms with Gasteiger partial charge >= 0.3 is 0 Å². The average molecular weight is 437 g/mol. The van der Waals surface area contributed by atoms with E-state index in [0.717, 1.165) is 17.4 Å². The maximum absolute atomic E-state index is 6.56. The Morgan fingerprint density at radius 2 is 1.87 bits per heavy atom. The number of hydrogen-bond donors (Lipinski definition) is 0. The Balaban J connectivity index is 2.29. The summed E-state index contributed by atoms with van der Waals surface area (Å²) in [6.45, 7) is 21.1. The Bertz CT molecular complexity index is 850. The number of benzene rings is 1. The number of hydrogen-bond acceptors (Lipinski definition) is 1. The fourth-order valence-corrected chi connectivity index (χ4v) is 12.4. The maximum Gasteiger partial charge on any atom is 0.122 e. The molecule has 0 N–H and O–H groups in total. The minimum absolute atomic E-state index is 0.0497. The Labute approximate surface area is 192 Å². The maximum atomic E-state index is 6.56. The van der Waals surface area contributed by atoms with Crippen LogP contribution in [0, 0.1) is 18.8 Å². The van der Waals surface area contributed by atoms with E-state index in [4.69, 9.17) is 4.74 Å². The third-order valence-electron chi connectivity index (χ3n) is 8.04. The molecule has 1 aromatic carbocycles. The fourth-order valence-electron chi connectivity index (χ4n) is 6.47. The van der Waals surface area contributed by atoms with Crippen LogP contribution in [0.5, 0.6) is 5.75 Å². The van der Waals surface area contributed by atoms with Gasteiger partial charge in [0.15, 0.2) is 0 Å². The van der Waals surface area contributed by atoms with Crippen LogP contribution in [0.2, 0.25) is 17.6 Å². The first-order valence-electron chi connectivity index (χ1n) is 12.5. The number of allylic oxidation sites excluding steroid dienone is 4. The molecule has 31 heavy (non-hydrogen) atoms. The molecule has 0 aromatic heterocycles. The average Bonchev–Trinajstić information content (AvgIpc) is 3.13. The lowest BCUT2D eigenvalue weighted by atomic mass is 9.85. The Morgan fingerprint density at radius 1 is 1.16 bits per heavy atom. The predicted molar refractivity (Wildman–Crippen MR) is 139 cm³/mol. The molecule has 1 nitrogen and oxygen atoms in total. The van der Waals surface area contributed by atoms with E-state index in [0.29, 0.717) is 6.61 Å². The Kier molecular flexibility index (Phi) is 7.41. The summed E-state index contributed by atoms with van der Waals surface area (Å²) in [5, 5.41) is 1.57. The van der Waals surface area contributed by atoms with Crippen molar-refractivity contribution in [1.82, 2.24) is 0 Å². The lowest BCUT2D eigenvalue weighted by Crippen LogP contribution is -2.53. The zero-order chi connectivity index (χ0) is 22.8. The van der Waals surface area contributed by atoms with Crippen molar-refractivity contribution in [3.05, 3.63) is 59.7 Å². The van der Waals surface area contributed by atoms with Gasteiger partial charge in [-0.05, 0) is 53.3 Å². The molecule has 170 valence electrons. The van der Waals surface area contributed by atoms with E-state index >= 15 is 0 Å². The van der Waals surface area contributed by atoms with Gasteiger partial charge in [0.1, 0.15) is 12.4 Å². The topological polar surface area (TPSA) is 9.23 Å². The van der Waals surface area contributed by atoms with Crippen LogP contribution in [0.3, 0.4) is 0 Å². The molecule has 1 fully saturated rings. The standard InChI is InChI=1S/C29H44OSi/c1-9-17-30-27-25(29(6,7)8)18-21(5)19-26(27)31(11-3,12-4)28-22(10-2)20-23-15-13-14-16-24(23)28/h9,13-14,16,18-19,22-23,28H,1,10-12,15,17,20H2,2-8H3. The minimum Gasteiger partial charge on any atom is -0.489 e. The van der Waals surface area contributed by atoms with Gasteiger partial charge in [0.2, 0.25) is 0 Å². The quantitative estimate of drug-likeness (QED) is 0.298. The molecule has 0 radical (unpaired) electrons. The summed E-state index contributed by atoms with van der Waals surface area (Å²) < 4.78 is 6.56. The minimum atomic E-state index is -1.88. The summed E-state index contributed by atoms with van der Waals surface area (Å²) in [4.78, 5) is 0. The highest BCUT2D eigenvalue weighted by Crippen LogP contribution is 2.56. The molecule has 0 saturated heterocycles. The van der Waals surface area contributed by atoms with Crippen LogP contribution in [-0.2, 0) is 5.41 Å². The highest BCUT2D eigenvalue weighted by atomic mass is 28.3. The number of fused-ring (bicyclic) bond motifs is 1. The number of rotatable bonds is 8. The lowest BCUT2D eigenvalue weighted by molar-refractivity contribution is 0.353. The van der Waals surface area contributed by atoms with Gasteiger partial charge in [-0.3, -0.25) is 0 Å². The summed E-state index contributed by atoms with van der Waals surface area (Å²) in [7, 11) is -1.88. The molecule has 0 bridgehead atoms. The van der Waals surface area contributed by atoms with Crippen molar-refractivity contribution in [1.29, 1.82) is 0 Å². The zero-order valence-electron chi connectivity index (χ0n) is 21.1. The van der Waals surface area contributed by atoms with Crippen molar-refractivity contribution in [3.63, 3.8) is 0 Å². The van der Waals surface area contributed by atoms with Crippen molar-refractivity contribution in [2.45, 2.75) is 90.8 Å². The van der Waals surface area contributed by atoms with Gasteiger partial charge < -0.3 is 4.74 Å². The molecule has 3 unspecified atom stereocenters. The summed E-state index contributed by atoms with van der Waals surface area (Å²) in [6, 6.07) is 7.42. The van der Waals surface area contributed by atoms with Crippen LogP contribution in [0.25, 0.3) is 0 Å². The van der Waals surface area contributed by atoms with Crippen molar-refractivity contribution >= 4 is 13.3 Å². The Hall–Kier alpha value is -1.54. The van der Waals surface area contributed by atoms with Crippen molar-refractivity contribution in [2.75, 3.05) is 6.61 Å². The monoisotopic (exact) mass is 436 g/mol. The number of ether oxygens (including phenoxy) is 1. The Morgan fingerprint density at radius 3 is 2.45 bits per heavy atom.